The Bertz CT molecular complexity index is 322. The molecule has 1 aliphatic rings. The van der Waals surface area contributed by atoms with Crippen LogP contribution in [0.25, 0.3) is 0 Å². The van der Waals surface area contributed by atoms with E-state index in [2.05, 4.69) is 21.4 Å². The Morgan fingerprint density at radius 2 is 2.14 bits per heavy atom. The van der Waals surface area contributed by atoms with Crippen LogP contribution < -0.4 is 4.90 Å². The smallest absolute Gasteiger partial charge is 0.205 e. The van der Waals surface area contributed by atoms with Crippen molar-refractivity contribution < 1.29 is 4.79 Å². The van der Waals surface area contributed by atoms with Crippen molar-refractivity contribution in [3.63, 3.8) is 0 Å². The molecule has 0 bridgehead atoms. The lowest BCUT2D eigenvalue weighted by Gasteiger charge is -2.27. The van der Waals surface area contributed by atoms with E-state index >= 15 is 0 Å². The maximum atomic E-state index is 11.1. The van der Waals surface area contributed by atoms with Crippen molar-refractivity contribution in [2.45, 2.75) is 26.3 Å². The van der Waals surface area contributed by atoms with Crippen molar-refractivity contribution in [1.82, 2.24) is 9.55 Å². The van der Waals surface area contributed by atoms with Crippen molar-refractivity contribution in [2.75, 3.05) is 18.0 Å². The van der Waals surface area contributed by atoms with Crippen LogP contribution in [-0.2, 0) is 11.3 Å². The first-order valence-corrected chi connectivity index (χ1v) is 5.09. The number of piperidine rings is 1. The van der Waals surface area contributed by atoms with Crippen LogP contribution in [0.2, 0.25) is 0 Å². The average Bonchev–Trinajstić information content (AvgIpc) is 2.67. The SMILES string of the molecule is CCn1ccnc1N1CCC(=O)CC1. The topological polar surface area (TPSA) is 38.1 Å². The zero-order valence-electron chi connectivity index (χ0n) is 8.44. The first-order valence-electron chi connectivity index (χ1n) is 5.09. The molecule has 1 saturated heterocycles. The number of imidazole rings is 1. The molecule has 0 amide bonds. The second-order valence-electron chi connectivity index (χ2n) is 3.54. The van der Waals surface area contributed by atoms with Gasteiger partial charge in [-0.3, -0.25) is 4.79 Å². The maximum Gasteiger partial charge on any atom is 0.205 e. The fraction of sp³-hybridized carbons (Fsp3) is 0.600. The minimum Gasteiger partial charge on any atom is -0.341 e. The minimum atomic E-state index is 0.371. The van der Waals surface area contributed by atoms with E-state index in [0.29, 0.717) is 18.6 Å². The van der Waals surface area contributed by atoms with Crippen molar-refractivity contribution in [3.8, 4) is 0 Å². The molecule has 0 radical (unpaired) electrons. The van der Waals surface area contributed by atoms with E-state index in [0.717, 1.165) is 25.6 Å². The standard InChI is InChI=1S/C10H15N3O/c1-2-12-8-5-11-10(12)13-6-3-9(14)4-7-13/h5,8H,2-4,6-7H2,1H3. The van der Waals surface area contributed by atoms with E-state index in [1.165, 1.54) is 0 Å². The number of carbonyl (C=O) groups is 1. The number of carbonyl (C=O) groups excluding carboxylic acids is 1. The molecule has 0 N–H and O–H groups in total. The third kappa shape index (κ3) is 1.64. The van der Waals surface area contributed by atoms with Gasteiger partial charge in [-0.05, 0) is 6.92 Å². The molecule has 14 heavy (non-hydrogen) atoms. The van der Waals surface area contributed by atoms with Crippen LogP contribution in [0.3, 0.4) is 0 Å². The molecule has 0 spiro atoms. The van der Waals surface area contributed by atoms with E-state index in [9.17, 15) is 4.79 Å². The second kappa shape index (κ2) is 3.82. The Morgan fingerprint density at radius 1 is 1.43 bits per heavy atom. The number of Topliss-reactive ketones (excluding diaryl/α,β-unsaturated/α-hetero) is 1. The van der Waals surface area contributed by atoms with Crippen molar-refractivity contribution in [3.05, 3.63) is 12.4 Å². The van der Waals surface area contributed by atoms with Gasteiger partial charge in [-0.15, -0.1) is 0 Å². The summed E-state index contributed by atoms with van der Waals surface area (Å²) in [5.41, 5.74) is 0. The lowest BCUT2D eigenvalue weighted by Crippen LogP contribution is -2.35. The van der Waals surface area contributed by atoms with E-state index in [1.54, 1.807) is 0 Å². The van der Waals surface area contributed by atoms with E-state index in [4.69, 9.17) is 0 Å². The molecule has 4 nitrogen and oxygen atoms in total. The highest BCUT2D eigenvalue weighted by atomic mass is 16.1. The number of ketones is 1. The van der Waals surface area contributed by atoms with E-state index in [-0.39, 0.29) is 0 Å². The molecule has 0 atom stereocenters. The number of aromatic nitrogens is 2. The molecule has 2 heterocycles. The quantitative estimate of drug-likeness (QED) is 0.705. The van der Waals surface area contributed by atoms with Crippen molar-refractivity contribution >= 4 is 11.7 Å². The Morgan fingerprint density at radius 3 is 2.79 bits per heavy atom. The number of hydrogen-bond acceptors (Lipinski definition) is 3. The lowest BCUT2D eigenvalue weighted by atomic mass is 10.1. The van der Waals surface area contributed by atoms with Crippen LogP contribution in [0.1, 0.15) is 19.8 Å². The summed E-state index contributed by atoms with van der Waals surface area (Å²) in [6, 6.07) is 0. The summed E-state index contributed by atoms with van der Waals surface area (Å²) in [7, 11) is 0. The lowest BCUT2D eigenvalue weighted by molar-refractivity contribution is -0.119. The summed E-state index contributed by atoms with van der Waals surface area (Å²) < 4.78 is 2.11. The normalized spacial score (nSPS) is 17.5. The Kier molecular flexibility index (Phi) is 2.52. The zero-order valence-corrected chi connectivity index (χ0v) is 8.44. The second-order valence-corrected chi connectivity index (χ2v) is 3.54. The largest absolute Gasteiger partial charge is 0.341 e. The van der Waals surface area contributed by atoms with Crippen LogP contribution in [0, 0.1) is 0 Å². The molecule has 4 heteroatoms. The highest BCUT2D eigenvalue weighted by molar-refractivity contribution is 5.80. The van der Waals surface area contributed by atoms with Gasteiger partial charge in [-0.25, -0.2) is 4.98 Å². The van der Waals surface area contributed by atoms with Gasteiger partial charge in [-0.2, -0.15) is 0 Å². The third-order valence-electron chi connectivity index (χ3n) is 2.64. The number of rotatable bonds is 2. The first-order chi connectivity index (χ1) is 6.81. The van der Waals surface area contributed by atoms with E-state index in [1.807, 2.05) is 12.4 Å². The molecule has 0 unspecified atom stereocenters. The molecule has 0 aliphatic carbocycles. The van der Waals surface area contributed by atoms with Gasteiger partial charge in [0, 0.05) is 44.9 Å². The van der Waals surface area contributed by atoms with Gasteiger partial charge >= 0.3 is 0 Å². The highest BCUT2D eigenvalue weighted by Gasteiger charge is 2.19. The Labute approximate surface area is 83.5 Å². The van der Waals surface area contributed by atoms with Crippen molar-refractivity contribution in [2.24, 2.45) is 0 Å². The number of hydrogen-bond donors (Lipinski definition) is 0. The molecular formula is C10H15N3O. The van der Waals surface area contributed by atoms with Gasteiger partial charge in [0.25, 0.3) is 0 Å². The predicted octanol–water partition coefficient (Wildman–Crippen LogP) is 1.07. The van der Waals surface area contributed by atoms with Crippen LogP contribution in [0.4, 0.5) is 5.95 Å². The van der Waals surface area contributed by atoms with Gasteiger partial charge in [0.2, 0.25) is 5.95 Å². The molecule has 1 aromatic heterocycles. The summed E-state index contributed by atoms with van der Waals surface area (Å²) in [5, 5.41) is 0. The van der Waals surface area contributed by atoms with Crippen LogP contribution in [0.15, 0.2) is 12.4 Å². The van der Waals surface area contributed by atoms with Gasteiger partial charge < -0.3 is 9.47 Å². The summed E-state index contributed by atoms with van der Waals surface area (Å²) >= 11 is 0. The van der Waals surface area contributed by atoms with Crippen molar-refractivity contribution in [1.29, 1.82) is 0 Å². The van der Waals surface area contributed by atoms with Gasteiger partial charge in [-0.1, -0.05) is 0 Å². The fourth-order valence-corrected chi connectivity index (χ4v) is 1.79. The highest BCUT2D eigenvalue weighted by Crippen LogP contribution is 2.16. The molecule has 2 rings (SSSR count). The number of aryl methyl sites for hydroxylation is 1. The number of nitrogens with zero attached hydrogens (tertiary/aromatic N) is 3. The Balaban J connectivity index is 2.11. The summed E-state index contributed by atoms with van der Waals surface area (Å²) in [4.78, 5) is 17.6. The third-order valence-corrected chi connectivity index (χ3v) is 2.64. The molecule has 0 aromatic carbocycles. The summed E-state index contributed by atoms with van der Waals surface area (Å²) in [5.74, 6) is 1.37. The van der Waals surface area contributed by atoms with Gasteiger partial charge in [0.1, 0.15) is 5.78 Å². The predicted molar refractivity (Wildman–Crippen MR) is 54.4 cm³/mol. The first kappa shape index (κ1) is 9.24. The summed E-state index contributed by atoms with van der Waals surface area (Å²) in [6.07, 6.45) is 5.12. The molecule has 0 saturated carbocycles. The summed E-state index contributed by atoms with van der Waals surface area (Å²) in [6.45, 7) is 4.66. The van der Waals surface area contributed by atoms with Crippen LogP contribution in [-0.4, -0.2) is 28.4 Å². The average molecular weight is 193 g/mol. The molecule has 1 fully saturated rings. The minimum absolute atomic E-state index is 0.371. The molecule has 1 aliphatic heterocycles. The molecular weight excluding hydrogens is 178 g/mol. The molecule has 76 valence electrons. The zero-order chi connectivity index (χ0) is 9.97. The Hall–Kier alpha value is -1.32. The number of anilines is 1. The fourth-order valence-electron chi connectivity index (χ4n) is 1.79. The van der Waals surface area contributed by atoms with Gasteiger partial charge in [0.05, 0.1) is 0 Å². The van der Waals surface area contributed by atoms with Gasteiger partial charge in [0.15, 0.2) is 0 Å². The maximum absolute atomic E-state index is 11.1. The monoisotopic (exact) mass is 193 g/mol. The van der Waals surface area contributed by atoms with Crippen LogP contribution in [0.5, 0.6) is 0 Å². The van der Waals surface area contributed by atoms with E-state index < -0.39 is 0 Å². The molecule has 1 aromatic rings. The van der Waals surface area contributed by atoms with Crippen LogP contribution >= 0.6 is 0 Å².